The van der Waals surface area contributed by atoms with Crippen LogP contribution in [0.5, 0.6) is 0 Å². The van der Waals surface area contributed by atoms with E-state index in [4.69, 9.17) is 12.2 Å². The highest BCUT2D eigenvalue weighted by molar-refractivity contribution is 7.99. The van der Waals surface area contributed by atoms with Gasteiger partial charge in [0.1, 0.15) is 10.7 Å². The molecule has 3 N–H and O–H groups in total. The van der Waals surface area contributed by atoms with Gasteiger partial charge in [0, 0.05) is 12.3 Å². The molecule has 0 radical (unpaired) electrons. The number of terminal acetylenes is 1. The summed E-state index contributed by atoms with van der Waals surface area (Å²) in [6, 6.07) is 3.22. The van der Waals surface area contributed by atoms with Crippen molar-refractivity contribution in [2.24, 2.45) is 0 Å². The van der Waals surface area contributed by atoms with Crippen molar-refractivity contribution < 1.29 is 12.8 Å². The first-order chi connectivity index (χ1) is 8.47. The number of rotatable bonds is 6. The molecule has 0 saturated heterocycles. The van der Waals surface area contributed by atoms with Crippen molar-refractivity contribution >= 4 is 27.5 Å². The predicted octanol–water partition coefficient (Wildman–Crippen LogP) is 1.05. The minimum atomic E-state index is -3.78. The van der Waals surface area contributed by atoms with E-state index in [9.17, 15) is 12.8 Å². The molecule has 0 atom stereocenters. The molecule has 0 amide bonds. The van der Waals surface area contributed by atoms with Crippen molar-refractivity contribution in [1.29, 1.82) is 0 Å². The fraction of sp³-hybridized carbons (Fsp3) is 0.273. The van der Waals surface area contributed by atoms with Crippen LogP contribution in [0.1, 0.15) is 0 Å². The molecule has 18 heavy (non-hydrogen) atoms. The maximum atomic E-state index is 13.0. The van der Waals surface area contributed by atoms with Crippen LogP contribution in [0.2, 0.25) is 0 Å². The van der Waals surface area contributed by atoms with E-state index in [1.807, 2.05) is 0 Å². The van der Waals surface area contributed by atoms with Gasteiger partial charge in [0.15, 0.2) is 0 Å². The van der Waals surface area contributed by atoms with E-state index in [0.29, 0.717) is 11.5 Å². The summed E-state index contributed by atoms with van der Waals surface area (Å²) in [5.74, 6) is 2.84. The van der Waals surface area contributed by atoms with E-state index in [-0.39, 0.29) is 17.1 Å². The number of thioether (sulfide) groups is 1. The number of hydrogen-bond donors (Lipinski definition) is 2. The number of benzene rings is 1. The molecule has 1 aromatic rings. The van der Waals surface area contributed by atoms with Gasteiger partial charge in [-0.05, 0) is 18.2 Å². The number of halogens is 1. The molecule has 0 unspecified atom stereocenters. The quantitative estimate of drug-likeness (QED) is 0.466. The SMILES string of the molecule is C#CCSCCNS(=O)(=O)c1cc(F)ccc1N. The lowest BCUT2D eigenvalue weighted by Crippen LogP contribution is -2.27. The molecule has 98 valence electrons. The minimum Gasteiger partial charge on any atom is -0.398 e. The molecule has 0 saturated carbocycles. The molecule has 0 heterocycles. The summed E-state index contributed by atoms with van der Waals surface area (Å²) in [4.78, 5) is -0.246. The fourth-order valence-corrected chi connectivity index (χ4v) is 3.01. The van der Waals surface area contributed by atoms with E-state index in [1.165, 1.54) is 17.8 Å². The van der Waals surface area contributed by atoms with E-state index < -0.39 is 15.8 Å². The van der Waals surface area contributed by atoms with E-state index in [0.717, 1.165) is 12.1 Å². The van der Waals surface area contributed by atoms with Gasteiger partial charge >= 0.3 is 0 Å². The van der Waals surface area contributed by atoms with Crippen LogP contribution in [-0.4, -0.2) is 26.5 Å². The first-order valence-corrected chi connectivity index (χ1v) is 7.67. The largest absolute Gasteiger partial charge is 0.398 e. The van der Waals surface area contributed by atoms with Crippen molar-refractivity contribution in [2.45, 2.75) is 4.90 Å². The molecule has 0 aliphatic carbocycles. The van der Waals surface area contributed by atoms with E-state index >= 15 is 0 Å². The lowest BCUT2D eigenvalue weighted by atomic mass is 10.3. The van der Waals surface area contributed by atoms with Crippen LogP contribution in [-0.2, 0) is 10.0 Å². The van der Waals surface area contributed by atoms with Crippen molar-refractivity contribution in [3.63, 3.8) is 0 Å². The normalized spacial score (nSPS) is 11.1. The maximum absolute atomic E-state index is 13.0. The summed E-state index contributed by atoms with van der Waals surface area (Å²) < 4.78 is 39.0. The Morgan fingerprint density at radius 3 is 2.89 bits per heavy atom. The smallest absolute Gasteiger partial charge is 0.242 e. The lowest BCUT2D eigenvalue weighted by Gasteiger charge is -2.08. The summed E-state index contributed by atoms with van der Waals surface area (Å²) in [6.45, 7) is 0.213. The molecule has 0 aliphatic rings. The molecule has 1 aromatic carbocycles. The third-order valence-corrected chi connectivity index (χ3v) is 4.37. The van der Waals surface area contributed by atoms with Gasteiger partial charge in [-0.3, -0.25) is 0 Å². The molecule has 0 aliphatic heterocycles. The second-order valence-electron chi connectivity index (χ2n) is 3.34. The van der Waals surface area contributed by atoms with Gasteiger partial charge < -0.3 is 5.73 Å². The summed E-state index contributed by atoms with van der Waals surface area (Å²) in [5.41, 5.74) is 5.52. The number of nitrogens with one attached hydrogen (secondary N) is 1. The van der Waals surface area contributed by atoms with Gasteiger partial charge in [-0.25, -0.2) is 17.5 Å². The van der Waals surface area contributed by atoms with Gasteiger partial charge in [-0.1, -0.05) is 5.92 Å². The summed E-state index contributed by atoms with van der Waals surface area (Å²) in [5, 5.41) is 0. The minimum absolute atomic E-state index is 0.0141. The monoisotopic (exact) mass is 288 g/mol. The van der Waals surface area contributed by atoms with Crippen LogP contribution in [0.25, 0.3) is 0 Å². The summed E-state index contributed by atoms with van der Waals surface area (Å²) in [7, 11) is -3.78. The summed E-state index contributed by atoms with van der Waals surface area (Å²) in [6.07, 6.45) is 5.06. The number of sulfonamides is 1. The zero-order valence-electron chi connectivity index (χ0n) is 9.52. The van der Waals surface area contributed by atoms with Crippen LogP contribution < -0.4 is 10.5 Å². The highest BCUT2D eigenvalue weighted by Crippen LogP contribution is 2.18. The van der Waals surface area contributed by atoms with Gasteiger partial charge in [-0.2, -0.15) is 0 Å². The summed E-state index contributed by atoms with van der Waals surface area (Å²) >= 11 is 1.43. The zero-order chi connectivity index (χ0) is 13.6. The molecular weight excluding hydrogens is 275 g/mol. The number of nitrogens with two attached hydrogens (primary N) is 1. The molecule has 4 nitrogen and oxygen atoms in total. The molecular formula is C11H13FN2O2S2. The van der Waals surface area contributed by atoms with Crippen LogP contribution in [0, 0.1) is 18.2 Å². The van der Waals surface area contributed by atoms with Crippen molar-refractivity contribution in [3.8, 4) is 12.3 Å². The second kappa shape index (κ2) is 6.64. The van der Waals surface area contributed by atoms with E-state index in [1.54, 1.807) is 0 Å². The Kier molecular flexibility index (Phi) is 5.47. The van der Waals surface area contributed by atoms with Crippen molar-refractivity contribution in [1.82, 2.24) is 4.72 Å². The first kappa shape index (κ1) is 14.8. The maximum Gasteiger partial charge on any atom is 0.242 e. The molecule has 1 rings (SSSR count). The third kappa shape index (κ3) is 4.22. The molecule has 0 bridgehead atoms. The Labute approximate surface area is 110 Å². The fourth-order valence-electron chi connectivity index (χ4n) is 1.20. The highest BCUT2D eigenvalue weighted by atomic mass is 32.2. The van der Waals surface area contributed by atoms with Crippen molar-refractivity contribution in [3.05, 3.63) is 24.0 Å². The Hall–Kier alpha value is -1.23. The second-order valence-corrected chi connectivity index (χ2v) is 6.18. The number of nitrogen functional groups attached to an aromatic ring is 1. The lowest BCUT2D eigenvalue weighted by molar-refractivity contribution is 0.580. The Bertz CT molecular complexity index is 553. The molecule has 0 fully saturated rings. The van der Waals surface area contributed by atoms with Gasteiger partial charge in [0.25, 0.3) is 0 Å². The Morgan fingerprint density at radius 2 is 2.22 bits per heavy atom. The molecule has 7 heteroatoms. The van der Waals surface area contributed by atoms with Crippen LogP contribution in [0.15, 0.2) is 23.1 Å². The van der Waals surface area contributed by atoms with Crippen LogP contribution >= 0.6 is 11.8 Å². The topological polar surface area (TPSA) is 72.2 Å². The van der Waals surface area contributed by atoms with E-state index in [2.05, 4.69) is 10.6 Å². The zero-order valence-corrected chi connectivity index (χ0v) is 11.2. The number of anilines is 1. The Balaban J connectivity index is 2.69. The van der Waals surface area contributed by atoms with Gasteiger partial charge in [0.2, 0.25) is 10.0 Å². The van der Waals surface area contributed by atoms with Crippen LogP contribution in [0.3, 0.4) is 0 Å². The molecule has 0 spiro atoms. The van der Waals surface area contributed by atoms with Crippen LogP contribution in [0.4, 0.5) is 10.1 Å². The average Bonchev–Trinajstić information content (AvgIpc) is 2.32. The van der Waals surface area contributed by atoms with Crippen molar-refractivity contribution in [2.75, 3.05) is 23.8 Å². The number of hydrogen-bond acceptors (Lipinski definition) is 4. The standard InChI is InChI=1S/C11H13FN2O2S2/c1-2-6-17-7-5-14-18(15,16)11-8-9(12)3-4-10(11)13/h1,3-4,8,14H,5-7,13H2. The third-order valence-electron chi connectivity index (χ3n) is 1.99. The highest BCUT2D eigenvalue weighted by Gasteiger charge is 2.17. The predicted molar refractivity (Wildman–Crippen MR) is 72.2 cm³/mol. The molecule has 0 aromatic heterocycles. The Morgan fingerprint density at radius 1 is 1.50 bits per heavy atom. The van der Waals surface area contributed by atoms with Gasteiger partial charge in [-0.15, -0.1) is 18.2 Å². The average molecular weight is 288 g/mol. The first-order valence-electron chi connectivity index (χ1n) is 5.03. The van der Waals surface area contributed by atoms with Gasteiger partial charge in [0.05, 0.1) is 11.4 Å².